The molecule has 0 bridgehead atoms. The normalized spacial score (nSPS) is 35.4. The van der Waals surface area contributed by atoms with Gasteiger partial charge in [-0.05, 0) is 26.7 Å². The van der Waals surface area contributed by atoms with Crippen molar-refractivity contribution >= 4 is 11.8 Å². The molecule has 3 unspecified atom stereocenters. The van der Waals surface area contributed by atoms with E-state index in [4.69, 9.17) is 4.74 Å². The van der Waals surface area contributed by atoms with Crippen LogP contribution in [0.5, 0.6) is 0 Å². The van der Waals surface area contributed by atoms with E-state index in [1.807, 2.05) is 6.92 Å². The summed E-state index contributed by atoms with van der Waals surface area (Å²) in [5.74, 6) is -0.0964. The molecule has 2 rings (SSSR count). The average molecular weight is 226 g/mol. The Morgan fingerprint density at radius 1 is 1.38 bits per heavy atom. The Hall–Kier alpha value is -1.10. The van der Waals surface area contributed by atoms with Crippen molar-refractivity contribution in [2.75, 3.05) is 13.1 Å². The molecule has 5 heteroatoms. The summed E-state index contributed by atoms with van der Waals surface area (Å²) in [6.45, 7) is 4.45. The smallest absolute Gasteiger partial charge is 0.245 e. The Morgan fingerprint density at radius 3 is 2.75 bits per heavy atom. The van der Waals surface area contributed by atoms with Crippen LogP contribution in [0.25, 0.3) is 0 Å². The van der Waals surface area contributed by atoms with Crippen molar-refractivity contribution < 1.29 is 14.3 Å². The third-order valence-electron chi connectivity index (χ3n) is 3.14. The number of ether oxygens (including phenoxy) is 1. The Balaban J connectivity index is 1.92. The zero-order chi connectivity index (χ0) is 11.7. The number of carbonyl (C=O) groups excluding carboxylic acids is 2. The lowest BCUT2D eigenvalue weighted by molar-refractivity contribution is -0.145. The Morgan fingerprint density at radius 2 is 2.12 bits per heavy atom. The van der Waals surface area contributed by atoms with Crippen molar-refractivity contribution in [3.8, 4) is 0 Å². The third kappa shape index (κ3) is 2.35. The molecule has 1 N–H and O–H groups in total. The number of nitrogens with one attached hydrogen (secondary N) is 1. The first-order valence-corrected chi connectivity index (χ1v) is 5.80. The van der Waals surface area contributed by atoms with Crippen molar-refractivity contribution in [1.82, 2.24) is 10.2 Å². The minimum atomic E-state index is -0.403. The number of nitrogens with zero attached hydrogens (tertiary/aromatic N) is 1. The van der Waals surface area contributed by atoms with Crippen LogP contribution in [0.15, 0.2) is 0 Å². The minimum absolute atomic E-state index is 0.0113. The summed E-state index contributed by atoms with van der Waals surface area (Å²) < 4.78 is 5.66. The van der Waals surface area contributed by atoms with Crippen LogP contribution in [0, 0.1) is 0 Å². The van der Waals surface area contributed by atoms with Gasteiger partial charge < -0.3 is 15.0 Å². The highest BCUT2D eigenvalue weighted by Gasteiger charge is 2.32. The molecule has 5 nitrogen and oxygen atoms in total. The molecule has 2 amide bonds. The summed E-state index contributed by atoms with van der Waals surface area (Å²) in [4.78, 5) is 24.7. The summed E-state index contributed by atoms with van der Waals surface area (Å²) in [7, 11) is 0. The van der Waals surface area contributed by atoms with E-state index >= 15 is 0 Å². The van der Waals surface area contributed by atoms with Crippen LogP contribution < -0.4 is 5.32 Å². The first-order chi connectivity index (χ1) is 7.56. The standard InChI is InChI=1S/C11H18N2O3/c1-7-3-4-9(16-7)5-13-6-10(14)12-8(2)11(13)15/h7-9H,3-6H2,1-2H3,(H,12,14). The second-order valence-electron chi connectivity index (χ2n) is 4.65. The van der Waals surface area contributed by atoms with Gasteiger partial charge in [-0.1, -0.05) is 0 Å². The van der Waals surface area contributed by atoms with Gasteiger partial charge in [0.25, 0.3) is 0 Å². The number of carbonyl (C=O) groups is 2. The zero-order valence-electron chi connectivity index (χ0n) is 9.73. The van der Waals surface area contributed by atoms with E-state index in [1.165, 1.54) is 0 Å². The molecular formula is C11H18N2O3. The summed E-state index contributed by atoms with van der Waals surface area (Å²) in [5.41, 5.74) is 0. The first kappa shape index (κ1) is 11.4. The van der Waals surface area contributed by atoms with E-state index in [0.717, 1.165) is 12.8 Å². The Bertz CT molecular complexity index is 306. The van der Waals surface area contributed by atoms with Crippen molar-refractivity contribution in [3.63, 3.8) is 0 Å². The monoisotopic (exact) mass is 226 g/mol. The zero-order valence-corrected chi connectivity index (χ0v) is 9.73. The predicted molar refractivity (Wildman–Crippen MR) is 57.8 cm³/mol. The lowest BCUT2D eigenvalue weighted by Crippen LogP contribution is -2.58. The molecule has 90 valence electrons. The summed E-state index contributed by atoms with van der Waals surface area (Å²) in [5, 5.41) is 2.62. The molecule has 2 aliphatic rings. The van der Waals surface area contributed by atoms with Crippen LogP contribution >= 0.6 is 0 Å². The molecular weight excluding hydrogens is 208 g/mol. The maximum absolute atomic E-state index is 11.8. The molecule has 0 aromatic rings. The second kappa shape index (κ2) is 4.41. The highest BCUT2D eigenvalue weighted by Crippen LogP contribution is 2.20. The number of rotatable bonds is 2. The highest BCUT2D eigenvalue weighted by molar-refractivity contribution is 5.94. The van der Waals surface area contributed by atoms with Gasteiger partial charge in [0.1, 0.15) is 6.04 Å². The molecule has 0 spiro atoms. The van der Waals surface area contributed by atoms with Crippen LogP contribution in [-0.2, 0) is 14.3 Å². The second-order valence-corrected chi connectivity index (χ2v) is 4.65. The molecule has 0 saturated carbocycles. The summed E-state index contributed by atoms with van der Waals surface area (Å²) in [6, 6.07) is -0.403. The third-order valence-corrected chi connectivity index (χ3v) is 3.14. The van der Waals surface area contributed by atoms with Crippen LogP contribution in [-0.4, -0.2) is 48.1 Å². The average Bonchev–Trinajstić information content (AvgIpc) is 2.60. The lowest BCUT2D eigenvalue weighted by atomic mass is 10.1. The van der Waals surface area contributed by atoms with E-state index < -0.39 is 6.04 Å². The van der Waals surface area contributed by atoms with Gasteiger partial charge in [0, 0.05) is 6.54 Å². The van der Waals surface area contributed by atoms with Gasteiger partial charge in [-0.25, -0.2) is 0 Å². The molecule has 2 saturated heterocycles. The number of hydrogen-bond acceptors (Lipinski definition) is 3. The van der Waals surface area contributed by atoms with Gasteiger partial charge in [0.2, 0.25) is 11.8 Å². The largest absolute Gasteiger partial charge is 0.373 e. The van der Waals surface area contributed by atoms with Gasteiger partial charge in [-0.2, -0.15) is 0 Å². The fourth-order valence-corrected chi connectivity index (χ4v) is 2.29. The van der Waals surface area contributed by atoms with E-state index in [9.17, 15) is 9.59 Å². The van der Waals surface area contributed by atoms with E-state index in [0.29, 0.717) is 6.54 Å². The molecule has 3 atom stereocenters. The van der Waals surface area contributed by atoms with E-state index in [1.54, 1.807) is 11.8 Å². The molecule has 0 aromatic carbocycles. The van der Waals surface area contributed by atoms with Gasteiger partial charge in [-0.3, -0.25) is 9.59 Å². The topological polar surface area (TPSA) is 58.6 Å². The Kier molecular flexibility index (Phi) is 3.14. The highest BCUT2D eigenvalue weighted by atomic mass is 16.5. The van der Waals surface area contributed by atoms with Crippen LogP contribution in [0.3, 0.4) is 0 Å². The maximum Gasteiger partial charge on any atom is 0.245 e. The van der Waals surface area contributed by atoms with Gasteiger partial charge >= 0.3 is 0 Å². The van der Waals surface area contributed by atoms with Gasteiger partial charge in [0.15, 0.2) is 0 Å². The van der Waals surface area contributed by atoms with Crippen molar-refractivity contribution in [2.24, 2.45) is 0 Å². The van der Waals surface area contributed by atoms with E-state index in [2.05, 4.69) is 5.32 Å². The molecule has 2 fully saturated rings. The molecule has 0 aromatic heterocycles. The quantitative estimate of drug-likeness (QED) is 0.715. The minimum Gasteiger partial charge on any atom is -0.373 e. The number of amides is 2. The van der Waals surface area contributed by atoms with Crippen LogP contribution in [0.4, 0.5) is 0 Å². The van der Waals surface area contributed by atoms with Crippen LogP contribution in [0.1, 0.15) is 26.7 Å². The molecule has 0 aliphatic carbocycles. The summed E-state index contributed by atoms with van der Waals surface area (Å²) >= 11 is 0. The van der Waals surface area contributed by atoms with E-state index in [-0.39, 0.29) is 30.6 Å². The predicted octanol–water partition coefficient (Wildman–Crippen LogP) is -0.0992. The van der Waals surface area contributed by atoms with Gasteiger partial charge in [0.05, 0.1) is 18.8 Å². The Labute approximate surface area is 95.1 Å². The summed E-state index contributed by atoms with van der Waals surface area (Å²) in [6.07, 6.45) is 2.38. The molecule has 2 aliphatic heterocycles. The number of hydrogen-bond donors (Lipinski definition) is 1. The van der Waals surface area contributed by atoms with Crippen molar-refractivity contribution in [2.45, 2.75) is 44.9 Å². The fourth-order valence-electron chi connectivity index (χ4n) is 2.29. The SMILES string of the molecule is CC1CCC(CN2CC(=O)NC(C)C2=O)O1. The molecule has 2 heterocycles. The van der Waals surface area contributed by atoms with Crippen LogP contribution in [0.2, 0.25) is 0 Å². The van der Waals surface area contributed by atoms with Crippen molar-refractivity contribution in [1.29, 1.82) is 0 Å². The van der Waals surface area contributed by atoms with Gasteiger partial charge in [-0.15, -0.1) is 0 Å². The lowest BCUT2D eigenvalue weighted by Gasteiger charge is -2.32. The molecule has 16 heavy (non-hydrogen) atoms. The fraction of sp³-hybridized carbons (Fsp3) is 0.818. The van der Waals surface area contributed by atoms with Crippen molar-refractivity contribution in [3.05, 3.63) is 0 Å². The maximum atomic E-state index is 11.8. The number of piperazine rings is 1. The molecule has 0 radical (unpaired) electrons. The first-order valence-electron chi connectivity index (χ1n) is 5.80.